The smallest absolute Gasteiger partial charge is 0.153 e. The van der Waals surface area contributed by atoms with Gasteiger partial charge in [-0.1, -0.05) is 5.46 Å². The molecule has 0 amide bonds. The Morgan fingerprint density at radius 1 is 0.923 bits per heavy atom. The maximum Gasteiger partial charge on any atom is 0.153 e. The van der Waals surface area contributed by atoms with E-state index in [4.69, 9.17) is 0 Å². The van der Waals surface area contributed by atoms with Gasteiger partial charge in [-0.3, -0.25) is 4.79 Å². The number of aldehydes is 1. The lowest BCUT2D eigenvalue weighted by Gasteiger charge is -2.12. The standard InChI is InChI=1S/C7H9B3O3/c8-3-2(1-11)6(12)4(9)5(10)7(3)13/h1,12-13H,8-10H2. The summed E-state index contributed by atoms with van der Waals surface area (Å²) in [5, 5.41) is 19.1. The van der Waals surface area contributed by atoms with Gasteiger partial charge in [0, 0.05) is 0 Å². The quantitative estimate of drug-likeness (QED) is 0.257. The molecule has 0 fully saturated rings. The lowest BCUT2D eigenvalue weighted by atomic mass is 9.73. The Labute approximate surface area is 79.0 Å². The fraction of sp³-hybridized carbons (Fsp3) is 0. The van der Waals surface area contributed by atoms with Gasteiger partial charge >= 0.3 is 0 Å². The molecule has 2 N–H and O–H groups in total. The summed E-state index contributed by atoms with van der Waals surface area (Å²) in [6.45, 7) is 0. The minimum Gasteiger partial charge on any atom is -0.509 e. The number of rotatable bonds is 1. The van der Waals surface area contributed by atoms with E-state index in [1.54, 1.807) is 23.5 Å². The van der Waals surface area contributed by atoms with Gasteiger partial charge in [-0.2, -0.15) is 0 Å². The molecule has 0 radical (unpaired) electrons. The first-order valence-corrected chi connectivity index (χ1v) is 3.97. The highest BCUT2D eigenvalue weighted by Gasteiger charge is 2.14. The first-order valence-electron chi connectivity index (χ1n) is 3.97. The molecule has 1 rings (SSSR count). The van der Waals surface area contributed by atoms with Gasteiger partial charge in [0.2, 0.25) is 0 Å². The zero-order valence-electron chi connectivity index (χ0n) is 7.88. The maximum absolute atomic E-state index is 10.6. The number of phenols is 2. The highest BCUT2D eigenvalue weighted by molar-refractivity contribution is 6.54. The second kappa shape index (κ2) is 3.20. The van der Waals surface area contributed by atoms with Crippen molar-refractivity contribution >= 4 is 46.2 Å². The maximum atomic E-state index is 10.6. The Balaban J connectivity index is 3.66. The summed E-state index contributed by atoms with van der Waals surface area (Å²) in [4.78, 5) is 10.6. The van der Waals surface area contributed by atoms with Crippen molar-refractivity contribution in [3.05, 3.63) is 5.56 Å². The van der Waals surface area contributed by atoms with Crippen LogP contribution in [-0.4, -0.2) is 40.0 Å². The Kier molecular flexibility index (Phi) is 2.41. The summed E-state index contributed by atoms with van der Waals surface area (Å²) < 4.78 is 0. The Morgan fingerprint density at radius 2 is 1.38 bits per heavy atom. The zero-order valence-corrected chi connectivity index (χ0v) is 7.88. The summed E-state index contributed by atoms with van der Waals surface area (Å²) in [6, 6.07) is 0. The van der Waals surface area contributed by atoms with Gasteiger partial charge in [0.1, 0.15) is 35.0 Å². The molecule has 0 saturated heterocycles. The van der Waals surface area contributed by atoms with Crippen LogP contribution in [0.2, 0.25) is 0 Å². The molecule has 0 saturated carbocycles. The number of hydrogen-bond acceptors (Lipinski definition) is 3. The van der Waals surface area contributed by atoms with Crippen LogP contribution in [0.3, 0.4) is 0 Å². The molecular formula is C7H9B3O3. The summed E-state index contributed by atoms with van der Waals surface area (Å²) in [6.07, 6.45) is 0.552. The number of phenolic OH excluding ortho intramolecular Hbond substituents is 2. The lowest BCUT2D eigenvalue weighted by molar-refractivity contribution is 0.112. The van der Waals surface area contributed by atoms with Crippen LogP contribution in [0.15, 0.2) is 0 Å². The molecule has 0 aliphatic heterocycles. The summed E-state index contributed by atoms with van der Waals surface area (Å²) in [5.74, 6) is 0.0419. The zero-order chi connectivity index (χ0) is 10.2. The van der Waals surface area contributed by atoms with E-state index >= 15 is 0 Å². The second-order valence-corrected chi connectivity index (χ2v) is 3.10. The number of carbonyl (C=O) groups excluding carboxylic acids is 1. The van der Waals surface area contributed by atoms with E-state index in [1.165, 1.54) is 0 Å². The third-order valence-corrected chi connectivity index (χ3v) is 2.41. The molecule has 1 aromatic carbocycles. The minimum absolute atomic E-state index is 0.0391. The van der Waals surface area contributed by atoms with Crippen LogP contribution in [-0.2, 0) is 0 Å². The average Bonchev–Trinajstić information content (AvgIpc) is 2.13. The number of benzene rings is 1. The number of carbonyl (C=O) groups is 1. The van der Waals surface area contributed by atoms with Crippen molar-refractivity contribution in [3.63, 3.8) is 0 Å². The van der Waals surface area contributed by atoms with Crippen molar-refractivity contribution in [2.45, 2.75) is 0 Å². The van der Waals surface area contributed by atoms with Crippen molar-refractivity contribution < 1.29 is 15.0 Å². The topological polar surface area (TPSA) is 57.5 Å². The molecule has 13 heavy (non-hydrogen) atoms. The van der Waals surface area contributed by atoms with Crippen LogP contribution >= 0.6 is 0 Å². The van der Waals surface area contributed by atoms with E-state index in [0.717, 1.165) is 0 Å². The van der Waals surface area contributed by atoms with Crippen LogP contribution in [0.4, 0.5) is 0 Å². The highest BCUT2D eigenvalue weighted by Crippen LogP contribution is 2.11. The van der Waals surface area contributed by atoms with Crippen molar-refractivity contribution in [1.29, 1.82) is 0 Å². The third kappa shape index (κ3) is 1.32. The highest BCUT2D eigenvalue weighted by atomic mass is 16.3. The van der Waals surface area contributed by atoms with Gasteiger partial charge in [0.15, 0.2) is 6.29 Å². The van der Waals surface area contributed by atoms with E-state index in [0.29, 0.717) is 22.7 Å². The van der Waals surface area contributed by atoms with Gasteiger partial charge in [-0.15, -0.1) is 0 Å². The minimum atomic E-state index is -0.0391. The van der Waals surface area contributed by atoms with Crippen LogP contribution in [0.1, 0.15) is 10.4 Å². The van der Waals surface area contributed by atoms with Crippen molar-refractivity contribution in [3.8, 4) is 11.5 Å². The van der Waals surface area contributed by atoms with Gasteiger partial charge in [0.05, 0.1) is 5.56 Å². The largest absolute Gasteiger partial charge is 0.509 e. The molecule has 0 unspecified atom stereocenters. The lowest BCUT2D eigenvalue weighted by Crippen LogP contribution is -2.33. The van der Waals surface area contributed by atoms with Crippen LogP contribution in [0, 0.1) is 0 Å². The molecule has 6 heteroatoms. The van der Waals surface area contributed by atoms with Gasteiger partial charge in [-0.05, 0) is 10.9 Å². The Morgan fingerprint density at radius 3 is 1.85 bits per heavy atom. The average molecular weight is 174 g/mol. The first-order chi connectivity index (χ1) is 6.00. The molecule has 1 aromatic rings. The molecular weight excluding hydrogens is 165 g/mol. The molecule has 0 spiro atoms. The normalized spacial score (nSPS) is 9.85. The Bertz CT molecular complexity index is 347. The fourth-order valence-electron chi connectivity index (χ4n) is 1.29. The van der Waals surface area contributed by atoms with Gasteiger partial charge < -0.3 is 10.2 Å². The molecule has 0 aliphatic rings. The molecule has 0 heterocycles. The van der Waals surface area contributed by atoms with E-state index in [2.05, 4.69) is 0 Å². The van der Waals surface area contributed by atoms with Crippen molar-refractivity contribution in [2.75, 3.05) is 0 Å². The van der Waals surface area contributed by atoms with E-state index < -0.39 is 0 Å². The van der Waals surface area contributed by atoms with E-state index in [1.807, 2.05) is 0 Å². The first kappa shape index (κ1) is 9.77. The summed E-state index contributed by atoms with van der Waals surface area (Å²) >= 11 is 0. The molecule has 3 nitrogen and oxygen atoms in total. The molecule has 0 bridgehead atoms. The van der Waals surface area contributed by atoms with Crippen molar-refractivity contribution in [1.82, 2.24) is 0 Å². The third-order valence-electron chi connectivity index (χ3n) is 2.41. The van der Waals surface area contributed by atoms with Gasteiger partial charge in [0.25, 0.3) is 0 Å². The van der Waals surface area contributed by atoms with E-state index in [9.17, 15) is 15.0 Å². The fourth-order valence-corrected chi connectivity index (χ4v) is 1.29. The monoisotopic (exact) mass is 174 g/mol. The Hall–Kier alpha value is -1.32. The number of aromatic hydroxyl groups is 2. The summed E-state index contributed by atoms with van der Waals surface area (Å²) in [5.41, 5.74) is 1.75. The van der Waals surface area contributed by atoms with E-state index in [-0.39, 0.29) is 17.1 Å². The summed E-state index contributed by atoms with van der Waals surface area (Å²) in [7, 11) is 4.97. The SMILES string of the molecule is Bc1c(B)c(O)c(C=O)c(B)c1O. The van der Waals surface area contributed by atoms with Crippen LogP contribution in [0.5, 0.6) is 11.5 Å². The molecule has 0 aliphatic carbocycles. The second-order valence-electron chi connectivity index (χ2n) is 3.10. The predicted molar refractivity (Wildman–Crippen MR) is 59.7 cm³/mol. The van der Waals surface area contributed by atoms with Gasteiger partial charge in [-0.25, -0.2) is 0 Å². The van der Waals surface area contributed by atoms with Crippen molar-refractivity contribution in [2.24, 2.45) is 0 Å². The predicted octanol–water partition coefficient (Wildman–Crippen LogP) is -4.31. The number of hydrogen-bond donors (Lipinski definition) is 2. The molecule has 0 atom stereocenters. The van der Waals surface area contributed by atoms with Crippen LogP contribution < -0.4 is 16.4 Å². The molecule has 64 valence electrons. The van der Waals surface area contributed by atoms with Crippen LogP contribution in [0.25, 0.3) is 0 Å². The molecule has 0 aromatic heterocycles.